The minimum absolute atomic E-state index is 0.134. The van der Waals surface area contributed by atoms with Crippen molar-refractivity contribution in [3.05, 3.63) is 71.6 Å². The predicted molar refractivity (Wildman–Crippen MR) is 111 cm³/mol. The van der Waals surface area contributed by atoms with Crippen molar-refractivity contribution in [1.82, 2.24) is 14.8 Å². The third-order valence-corrected chi connectivity index (χ3v) is 5.50. The van der Waals surface area contributed by atoms with Crippen LogP contribution in [0.5, 0.6) is 0 Å². The van der Waals surface area contributed by atoms with Crippen LogP contribution in [0.1, 0.15) is 29.7 Å². The monoisotopic (exact) mass is 417 g/mol. The third-order valence-electron chi connectivity index (χ3n) is 5.50. The van der Waals surface area contributed by atoms with E-state index in [1.54, 1.807) is 24.2 Å². The van der Waals surface area contributed by atoms with Gasteiger partial charge in [0.25, 0.3) is 0 Å². The lowest BCUT2D eigenvalue weighted by molar-refractivity contribution is -0.137. The number of amides is 1. The highest BCUT2D eigenvalue weighted by Crippen LogP contribution is 2.29. The maximum absolute atomic E-state index is 12.8. The van der Waals surface area contributed by atoms with Crippen LogP contribution in [0.2, 0.25) is 0 Å². The van der Waals surface area contributed by atoms with Crippen molar-refractivity contribution in [3.63, 3.8) is 0 Å². The van der Waals surface area contributed by atoms with Crippen LogP contribution in [0.3, 0.4) is 0 Å². The number of pyridine rings is 1. The number of piperidine rings is 1. The minimum atomic E-state index is -4.39. The van der Waals surface area contributed by atoms with E-state index in [-0.39, 0.29) is 11.9 Å². The number of carbonyl (C=O) groups is 1. The summed E-state index contributed by atoms with van der Waals surface area (Å²) in [6, 6.07) is 11.0. The van der Waals surface area contributed by atoms with Crippen LogP contribution < -0.4 is 0 Å². The Bertz CT molecular complexity index is 859. The second-order valence-electron chi connectivity index (χ2n) is 7.55. The molecule has 0 unspecified atom stereocenters. The summed E-state index contributed by atoms with van der Waals surface area (Å²) in [5.74, 6) is -0.195. The van der Waals surface area contributed by atoms with Crippen molar-refractivity contribution >= 4 is 12.0 Å². The highest BCUT2D eigenvalue weighted by atomic mass is 19.4. The summed E-state index contributed by atoms with van der Waals surface area (Å²) < 4.78 is 38.4. The SMILES string of the molecule is CN(C(=O)/C=C/c1cccc(C(F)(F)F)c1)C1CCN(CCc2ccccn2)CC1. The Hall–Kier alpha value is -2.67. The highest BCUT2D eigenvalue weighted by molar-refractivity contribution is 5.91. The van der Waals surface area contributed by atoms with E-state index in [1.807, 2.05) is 18.2 Å². The van der Waals surface area contributed by atoms with E-state index in [0.717, 1.165) is 56.7 Å². The molecule has 1 saturated heterocycles. The molecule has 0 aliphatic carbocycles. The molecule has 1 aromatic heterocycles. The van der Waals surface area contributed by atoms with Gasteiger partial charge in [0.05, 0.1) is 5.56 Å². The number of likely N-dealkylation sites (tertiary alicyclic amines) is 1. The molecule has 1 aliphatic rings. The number of nitrogens with zero attached hydrogens (tertiary/aromatic N) is 3. The van der Waals surface area contributed by atoms with Crippen molar-refractivity contribution in [1.29, 1.82) is 0 Å². The number of hydrogen-bond acceptors (Lipinski definition) is 3. The standard InChI is InChI=1S/C23H26F3N3O/c1-28(22(30)9-8-18-5-4-6-19(17-18)23(24,25)26)21-11-15-29(16-12-21)14-10-20-7-2-3-13-27-20/h2-9,13,17,21H,10-12,14-16H2,1H3/b9-8+. The average molecular weight is 417 g/mol. The van der Waals surface area contributed by atoms with Gasteiger partial charge in [0.2, 0.25) is 5.91 Å². The van der Waals surface area contributed by atoms with Gasteiger partial charge in [-0.1, -0.05) is 18.2 Å². The predicted octanol–water partition coefficient (Wildman–Crippen LogP) is 4.28. The first-order valence-corrected chi connectivity index (χ1v) is 10.1. The van der Waals surface area contributed by atoms with Crippen LogP contribution >= 0.6 is 0 Å². The van der Waals surface area contributed by atoms with E-state index in [9.17, 15) is 18.0 Å². The van der Waals surface area contributed by atoms with E-state index in [4.69, 9.17) is 0 Å². The second kappa shape index (κ2) is 9.89. The fourth-order valence-corrected chi connectivity index (χ4v) is 3.63. The molecule has 1 amide bonds. The summed E-state index contributed by atoms with van der Waals surface area (Å²) in [6.07, 6.45) is 2.85. The zero-order valence-corrected chi connectivity index (χ0v) is 17.0. The fourth-order valence-electron chi connectivity index (χ4n) is 3.63. The molecule has 0 radical (unpaired) electrons. The largest absolute Gasteiger partial charge is 0.416 e. The van der Waals surface area contributed by atoms with Gasteiger partial charge in [-0.25, -0.2) is 0 Å². The molecular weight excluding hydrogens is 391 g/mol. The first-order chi connectivity index (χ1) is 14.3. The lowest BCUT2D eigenvalue weighted by Crippen LogP contribution is -2.45. The maximum Gasteiger partial charge on any atom is 0.416 e. The molecule has 1 aliphatic heterocycles. The van der Waals surface area contributed by atoms with Crippen molar-refractivity contribution in [2.45, 2.75) is 31.5 Å². The fraction of sp³-hybridized carbons (Fsp3) is 0.391. The van der Waals surface area contributed by atoms with Gasteiger partial charge in [-0.2, -0.15) is 13.2 Å². The Morgan fingerprint density at radius 1 is 1.20 bits per heavy atom. The van der Waals surface area contributed by atoms with Gasteiger partial charge < -0.3 is 9.80 Å². The Balaban J connectivity index is 1.48. The molecule has 3 rings (SSSR count). The van der Waals surface area contributed by atoms with Crippen LogP contribution in [-0.2, 0) is 17.4 Å². The first-order valence-electron chi connectivity index (χ1n) is 10.1. The summed E-state index contributed by atoms with van der Waals surface area (Å²) in [7, 11) is 1.76. The van der Waals surface area contributed by atoms with Crippen LogP contribution in [0.25, 0.3) is 6.08 Å². The summed E-state index contributed by atoms with van der Waals surface area (Å²) >= 11 is 0. The number of rotatable bonds is 6. The molecular formula is C23H26F3N3O. The van der Waals surface area contributed by atoms with Crippen LogP contribution in [0.4, 0.5) is 13.2 Å². The van der Waals surface area contributed by atoms with Gasteiger partial charge in [0, 0.05) is 57.1 Å². The van der Waals surface area contributed by atoms with Crippen molar-refractivity contribution in [2.24, 2.45) is 0 Å². The number of alkyl halides is 3. The first kappa shape index (κ1) is 22.0. The molecule has 0 spiro atoms. The molecule has 7 heteroatoms. The Kier molecular flexibility index (Phi) is 7.26. The smallest absolute Gasteiger partial charge is 0.339 e. The molecule has 0 N–H and O–H groups in total. The molecule has 2 heterocycles. The average Bonchev–Trinajstić information content (AvgIpc) is 2.76. The van der Waals surface area contributed by atoms with Gasteiger partial charge >= 0.3 is 6.18 Å². The molecule has 0 bridgehead atoms. The van der Waals surface area contributed by atoms with E-state index >= 15 is 0 Å². The zero-order valence-electron chi connectivity index (χ0n) is 17.0. The maximum atomic E-state index is 12.8. The third kappa shape index (κ3) is 6.16. The highest BCUT2D eigenvalue weighted by Gasteiger charge is 2.30. The molecule has 30 heavy (non-hydrogen) atoms. The second-order valence-corrected chi connectivity index (χ2v) is 7.55. The van der Waals surface area contributed by atoms with Gasteiger partial charge in [0.15, 0.2) is 0 Å². The van der Waals surface area contributed by atoms with Crippen LogP contribution in [0, 0.1) is 0 Å². The lowest BCUT2D eigenvalue weighted by Gasteiger charge is -2.36. The zero-order chi connectivity index (χ0) is 21.6. The van der Waals surface area contributed by atoms with Gasteiger partial charge in [-0.05, 0) is 48.7 Å². The summed E-state index contributed by atoms with van der Waals surface area (Å²) in [4.78, 5) is 20.9. The molecule has 4 nitrogen and oxygen atoms in total. The molecule has 160 valence electrons. The molecule has 0 atom stereocenters. The Morgan fingerprint density at radius 2 is 1.97 bits per heavy atom. The van der Waals surface area contributed by atoms with Crippen molar-refractivity contribution in [2.75, 3.05) is 26.7 Å². The number of halogens is 3. The Labute approximate surface area is 175 Å². The van der Waals surface area contributed by atoms with Crippen molar-refractivity contribution < 1.29 is 18.0 Å². The summed E-state index contributed by atoms with van der Waals surface area (Å²) in [5, 5.41) is 0. The van der Waals surface area contributed by atoms with Gasteiger partial charge in [-0.3, -0.25) is 9.78 Å². The van der Waals surface area contributed by atoms with E-state index in [0.29, 0.717) is 5.56 Å². The molecule has 2 aromatic rings. The number of likely N-dealkylation sites (N-methyl/N-ethyl adjacent to an activating group) is 1. The van der Waals surface area contributed by atoms with Gasteiger partial charge in [-0.15, -0.1) is 0 Å². The lowest BCUT2D eigenvalue weighted by atomic mass is 10.0. The topological polar surface area (TPSA) is 36.4 Å². The van der Waals surface area contributed by atoms with E-state index in [1.165, 1.54) is 18.2 Å². The van der Waals surface area contributed by atoms with Crippen molar-refractivity contribution in [3.8, 4) is 0 Å². The number of hydrogen-bond donors (Lipinski definition) is 0. The number of carbonyl (C=O) groups excluding carboxylic acids is 1. The molecule has 0 saturated carbocycles. The number of aromatic nitrogens is 1. The normalized spacial score (nSPS) is 16.1. The molecule has 1 fully saturated rings. The van der Waals surface area contributed by atoms with Crippen LogP contribution in [-0.4, -0.2) is 53.4 Å². The van der Waals surface area contributed by atoms with E-state index < -0.39 is 11.7 Å². The Morgan fingerprint density at radius 3 is 2.63 bits per heavy atom. The van der Waals surface area contributed by atoms with E-state index in [2.05, 4.69) is 9.88 Å². The summed E-state index contributed by atoms with van der Waals surface area (Å²) in [6.45, 7) is 2.76. The summed E-state index contributed by atoms with van der Waals surface area (Å²) in [5.41, 5.74) is 0.714. The van der Waals surface area contributed by atoms with Crippen LogP contribution in [0.15, 0.2) is 54.7 Å². The van der Waals surface area contributed by atoms with Gasteiger partial charge in [0.1, 0.15) is 0 Å². The molecule has 1 aromatic carbocycles. The minimum Gasteiger partial charge on any atom is -0.339 e. The quantitative estimate of drug-likeness (QED) is 0.659. The number of benzene rings is 1.